The highest BCUT2D eigenvalue weighted by atomic mass is 16.1. The highest BCUT2D eigenvalue weighted by Gasteiger charge is 2.12. The summed E-state index contributed by atoms with van der Waals surface area (Å²) < 4.78 is 0. The highest BCUT2D eigenvalue weighted by Crippen LogP contribution is 2.28. The van der Waals surface area contributed by atoms with E-state index in [-0.39, 0.29) is 0 Å². The van der Waals surface area contributed by atoms with Gasteiger partial charge in [-0.15, -0.1) is 0 Å². The zero-order valence-corrected chi connectivity index (χ0v) is 10.2. The van der Waals surface area contributed by atoms with Gasteiger partial charge in [0, 0.05) is 29.2 Å². The fourth-order valence-corrected chi connectivity index (χ4v) is 2.10. The van der Waals surface area contributed by atoms with Crippen molar-refractivity contribution in [3.05, 3.63) is 77.3 Å². The molecule has 0 saturated heterocycles. The molecule has 3 heteroatoms. The maximum absolute atomic E-state index is 10.7. The van der Waals surface area contributed by atoms with Gasteiger partial charge in [0.25, 0.3) is 0 Å². The molecule has 1 aromatic heterocycles. The van der Waals surface area contributed by atoms with Crippen molar-refractivity contribution in [1.82, 2.24) is 4.98 Å². The van der Waals surface area contributed by atoms with E-state index >= 15 is 0 Å². The summed E-state index contributed by atoms with van der Waals surface area (Å²) in [5.41, 5.74) is 4.67. The number of carbonyl (C=O) groups excluding carboxylic acids is 1. The third-order valence-electron chi connectivity index (χ3n) is 3.01. The number of hydrogen-bond acceptors (Lipinski definition) is 2. The van der Waals surface area contributed by atoms with E-state index in [1.807, 2.05) is 54.7 Å². The maximum atomic E-state index is 10.7. The predicted octanol–water partition coefficient (Wildman–Crippen LogP) is 3.23. The Hall–Kier alpha value is -2.68. The first kappa shape index (κ1) is 11.4. The van der Waals surface area contributed by atoms with Crippen LogP contribution >= 0.6 is 0 Å². The molecule has 2 aromatic rings. The smallest absolute Gasteiger partial charge is 0.150 e. The Morgan fingerprint density at radius 2 is 2.00 bits per heavy atom. The summed E-state index contributed by atoms with van der Waals surface area (Å²) in [5.74, 6) is 0. The quantitative estimate of drug-likeness (QED) is 0.833. The van der Waals surface area contributed by atoms with E-state index in [0.29, 0.717) is 5.56 Å². The molecule has 1 N–H and O–H groups in total. The Kier molecular flexibility index (Phi) is 2.94. The molecule has 3 nitrogen and oxygen atoms in total. The molecule has 1 aliphatic rings. The number of hydrogen-bond donors (Lipinski definition) is 1. The van der Waals surface area contributed by atoms with Crippen LogP contribution in [0.2, 0.25) is 0 Å². The summed E-state index contributed by atoms with van der Waals surface area (Å²) in [5, 5.41) is 0. The maximum Gasteiger partial charge on any atom is 0.150 e. The van der Waals surface area contributed by atoms with Gasteiger partial charge in [0.2, 0.25) is 0 Å². The number of aldehydes is 1. The highest BCUT2D eigenvalue weighted by molar-refractivity contribution is 5.88. The number of H-pyrrole nitrogens is 1. The normalized spacial score (nSPS) is 15.8. The molecule has 0 atom stereocenters. The summed E-state index contributed by atoms with van der Waals surface area (Å²) in [4.78, 5) is 18.3. The molecule has 0 radical (unpaired) electrons. The monoisotopic (exact) mass is 248 g/mol. The molecule has 0 fully saturated rings. The number of aromatic amines is 1. The van der Waals surface area contributed by atoms with E-state index in [9.17, 15) is 4.79 Å². The number of nitrogens with zero attached hydrogens (tertiary/aromatic N) is 1. The topological polar surface area (TPSA) is 45.2 Å². The first-order valence-corrected chi connectivity index (χ1v) is 6.03. The van der Waals surface area contributed by atoms with Crippen LogP contribution in [0.5, 0.6) is 0 Å². The van der Waals surface area contributed by atoms with Crippen LogP contribution < -0.4 is 0 Å². The minimum atomic E-state index is 0.671. The van der Waals surface area contributed by atoms with Crippen LogP contribution in [0, 0.1) is 0 Å². The Bertz CT molecular complexity index is 660. The van der Waals surface area contributed by atoms with Gasteiger partial charge in [0.1, 0.15) is 6.29 Å². The van der Waals surface area contributed by atoms with Crippen LogP contribution in [0.4, 0.5) is 0 Å². The Morgan fingerprint density at radius 1 is 1.16 bits per heavy atom. The third kappa shape index (κ3) is 2.18. The first-order valence-electron chi connectivity index (χ1n) is 6.03. The molecule has 0 bridgehead atoms. The van der Waals surface area contributed by atoms with E-state index < -0.39 is 0 Å². The fourth-order valence-electron chi connectivity index (χ4n) is 2.10. The Labute approximate surface area is 111 Å². The van der Waals surface area contributed by atoms with E-state index in [4.69, 9.17) is 0 Å². The van der Waals surface area contributed by atoms with Gasteiger partial charge in [-0.2, -0.15) is 0 Å². The second kappa shape index (κ2) is 4.90. The lowest BCUT2D eigenvalue weighted by molar-refractivity contribution is 0.112. The van der Waals surface area contributed by atoms with Crippen molar-refractivity contribution in [3.8, 4) is 0 Å². The summed E-state index contributed by atoms with van der Waals surface area (Å²) in [6.07, 6.45) is 8.40. The number of benzene rings is 1. The zero-order valence-electron chi connectivity index (χ0n) is 10.2. The number of aromatic nitrogens is 1. The molecule has 0 unspecified atom stereocenters. The van der Waals surface area contributed by atoms with Gasteiger partial charge in [0.15, 0.2) is 0 Å². The van der Waals surface area contributed by atoms with Crippen molar-refractivity contribution in [3.63, 3.8) is 0 Å². The van der Waals surface area contributed by atoms with Crippen LogP contribution in [0.25, 0.3) is 5.57 Å². The minimum Gasteiger partial charge on any atom is -0.361 e. The predicted molar refractivity (Wildman–Crippen MR) is 76.3 cm³/mol. The SMILES string of the molecule is O=Cc1ccc(C(=C2C=CC=N2)c2ccc[nH]2)cc1. The van der Waals surface area contributed by atoms with Crippen molar-refractivity contribution in [2.45, 2.75) is 0 Å². The lowest BCUT2D eigenvalue weighted by atomic mass is 9.99. The number of rotatable bonds is 3. The van der Waals surface area contributed by atoms with Gasteiger partial charge in [0.05, 0.1) is 5.70 Å². The van der Waals surface area contributed by atoms with Gasteiger partial charge in [-0.1, -0.05) is 24.3 Å². The Morgan fingerprint density at radius 3 is 2.58 bits per heavy atom. The summed E-state index contributed by atoms with van der Waals surface area (Å²) in [7, 11) is 0. The van der Waals surface area contributed by atoms with Crippen molar-refractivity contribution in [2.24, 2.45) is 4.99 Å². The summed E-state index contributed by atoms with van der Waals surface area (Å²) in [6, 6.07) is 11.5. The van der Waals surface area contributed by atoms with Gasteiger partial charge < -0.3 is 4.98 Å². The van der Waals surface area contributed by atoms with Crippen LogP contribution in [0.3, 0.4) is 0 Å². The van der Waals surface area contributed by atoms with Crippen molar-refractivity contribution < 1.29 is 4.79 Å². The van der Waals surface area contributed by atoms with E-state index in [1.54, 1.807) is 6.21 Å². The second-order valence-corrected chi connectivity index (χ2v) is 4.22. The molecule has 0 aliphatic carbocycles. The molecule has 0 saturated carbocycles. The minimum absolute atomic E-state index is 0.671. The fraction of sp³-hybridized carbons (Fsp3) is 0. The number of nitrogens with one attached hydrogen (secondary N) is 1. The van der Waals surface area contributed by atoms with Crippen LogP contribution in [0.15, 0.2) is 65.4 Å². The first-order chi connectivity index (χ1) is 9.38. The van der Waals surface area contributed by atoms with Crippen LogP contribution in [0.1, 0.15) is 21.6 Å². The Balaban J connectivity index is 2.14. The molecular formula is C16H12N2O. The second-order valence-electron chi connectivity index (χ2n) is 4.22. The average Bonchev–Trinajstić information content (AvgIpc) is 3.13. The third-order valence-corrected chi connectivity index (χ3v) is 3.01. The number of allylic oxidation sites excluding steroid dienone is 2. The molecule has 92 valence electrons. The standard InChI is InChI=1S/C16H12N2O/c19-11-12-5-7-13(8-6-12)16(14-3-1-9-17-14)15-4-2-10-18-15/h1-11,17H. The molecule has 1 aromatic carbocycles. The number of aliphatic imine (C=N–C) groups is 1. The van der Waals surface area contributed by atoms with Crippen molar-refractivity contribution in [2.75, 3.05) is 0 Å². The molecule has 0 spiro atoms. The zero-order chi connectivity index (χ0) is 13.1. The lowest BCUT2D eigenvalue weighted by Crippen LogP contribution is -1.92. The van der Waals surface area contributed by atoms with Crippen molar-refractivity contribution >= 4 is 18.1 Å². The molecule has 0 amide bonds. The van der Waals surface area contributed by atoms with Gasteiger partial charge in [-0.3, -0.25) is 9.79 Å². The molecule has 19 heavy (non-hydrogen) atoms. The summed E-state index contributed by atoms with van der Waals surface area (Å²) in [6.45, 7) is 0. The van der Waals surface area contributed by atoms with Gasteiger partial charge in [-0.05, 0) is 29.8 Å². The van der Waals surface area contributed by atoms with Crippen LogP contribution in [-0.2, 0) is 0 Å². The molecule has 3 rings (SSSR count). The van der Waals surface area contributed by atoms with E-state index in [2.05, 4.69) is 9.98 Å². The van der Waals surface area contributed by atoms with Crippen LogP contribution in [-0.4, -0.2) is 17.5 Å². The van der Waals surface area contributed by atoms with Gasteiger partial charge >= 0.3 is 0 Å². The largest absolute Gasteiger partial charge is 0.361 e. The number of carbonyl (C=O) groups is 1. The molecular weight excluding hydrogens is 236 g/mol. The summed E-state index contributed by atoms with van der Waals surface area (Å²) >= 11 is 0. The average molecular weight is 248 g/mol. The lowest BCUT2D eigenvalue weighted by Gasteiger charge is -2.08. The molecule has 2 heterocycles. The molecule has 1 aliphatic heterocycles. The van der Waals surface area contributed by atoms with E-state index in [0.717, 1.165) is 28.8 Å². The van der Waals surface area contributed by atoms with Gasteiger partial charge in [-0.25, -0.2) is 0 Å². The van der Waals surface area contributed by atoms with E-state index in [1.165, 1.54) is 0 Å². The van der Waals surface area contributed by atoms with Crippen molar-refractivity contribution in [1.29, 1.82) is 0 Å².